The maximum atomic E-state index is 12.2. The quantitative estimate of drug-likeness (QED) is 0.566. The van der Waals surface area contributed by atoms with E-state index in [4.69, 9.17) is 9.47 Å². The SMILES string of the molecule is CN1CCN(c2cccc(COc3ccc(-c4cn(C(=O)OC(C)(C)C)cn4)cc3)c2)CC1=O. The third-order valence-corrected chi connectivity index (χ3v) is 5.48. The monoisotopic (exact) mass is 462 g/mol. The zero-order chi connectivity index (χ0) is 24.3. The van der Waals surface area contributed by atoms with Crippen LogP contribution in [0.5, 0.6) is 5.75 Å². The smallest absolute Gasteiger partial charge is 0.419 e. The van der Waals surface area contributed by atoms with Crippen LogP contribution < -0.4 is 9.64 Å². The molecule has 4 rings (SSSR count). The van der Waals surface area contributed by atoms with Gasteiger partial charge in [0.2, 0.25) is 5.91 Å². The second-order valence-corrected chi connectivity index (χ2v) is 9.37. The van der Waals surface area contributed by atoms with Crippen molar-refractivity contribution in [3.8, 4) is 17.0 Å². The molecule has 1 aliphatic heterocycles. The van der Waals surface area contributed by atoms with Crippen LogP contribution in [0.15, 0.2) is 61.1 Å². The van der Waals surface area contributed by atoms with Crippen molar-refractivity contribution < 1.29 is 19.1 Å². The number of carbonyl (C=O) groups excluding carboxylic acids is 2. The van der Waals surface area contributed by atoms with E-state index in [1.807, 2.05) is 70.3 Å². The molecule has 2 heterocycles. The van der Waals surface area contributed by atoms with E-state index < -0.39 is 11.7 Å². The van der Waals surface area contributed by atoms with Crippen molar-refractivity contribution in [2.75, 3.05) is 31.6 Å². The molecule has 1 aliphatic rings. The number of imidazole rings is 1. The highest BCUT2D eigenvalue weighted by molar-refractivity contribution is 5.82. The summed E-state index contributed by atoms with van der Waals surface area (Å²) < 4.78 is 12.7. The van der Waals surface area contributed by atoms with Crippen LogP contribution in [0.4, 0.5) is 10.5 Å². The van der Waals surface area contributed by atoms with Crippen LogP contribution in [0, 0.1) is 0 Å². The van der Waals surface area contributed by atoms with E-state index in [1.165, 1.54) is 10.9 Å². The lowest BCUT2D eigenvalue weighted by Gasteiger charge is -2.33. The van der Waals surface area contributed by atoms with Crippen molar-refractivity contribution in [3.05, 3.63) is 66.6 Å². The predicted octanol–water partition coefficient (Wildman–Crippen LogP) is 4.19. The summed E-state index contributed by atoms with van der Waals surface area (Å²) in [5.41, 5.74) is 3.04. The molecular formula is C26H30N4O4. The minimum absolute atomic E-state index is 0.129. The molecule has 0 spiro atoms. The number of anilines is 1. The zero-order valence-corrected chi connectivity index (χ0v) is 20.0. The fraction of sp³-hybridized carbons (Fsp3) is 0.346. The average Bonchev–Trinajstić information content (AvgIpc) is 3.30. The third kappa shape index (κ3) is 5.75. The van der Waals surface area contributed by atoms with Gasteiger partial charge in [-0.1, -0.05) is 12.1 Å². The molecule has 0 unspecified atom stereocenters. The molecule has 0 saturated carbocycles. The van der Waals surface area contributed by atoms with Gasteiger partial charge in [0.15, 0.2) is 0 Å². The third-order valence-electron chi connectivity index (χ3n) is 5.48. The maximum absolute atomic E-state index is 12.2. The van der Waals surface area contributed by atoms with Crippen molar-refractivity contribution in [1.82, 2.24) is 14.5 Å². The van der Waals surface area contributed by atoms with E-state index in [0.717, 1.165) is 35.7 Å². The molecule has 0 bridgehead atoms. The van der Waals surface area contributed by atoms with Gasteiger partial charge in [0.25, 0.3) is 0 Å². The summed E-state index contributed by atoms with van der Waals surface area (Å²) in [4.78, 5) is 32.4. The highest BCUT2D eigenvalue weighted by Crippen LogP contribution is 2.23. The first-order chi connectivity index (χ1) is 16.2. The second-order valence-electron chi connectivity index (χ2n) is 9.37. The van der Waals surface area contributed by atoms with Gasteiger partial charge >= 0.3 is 6.09 Å². The van der Waals surface area contributed by atoms with Gasteiger partial charge in [-0.15, -0.1) is 0 Å². The number of hydrogen-bond acceptors (Lipinski definition) is 6. The highest BCUT2D eigenvalue weighted by Gasteiger charge is 2.21. The first-order valence-electron chi connectivity index (χ1n) is 11.3. The van der Waals surface area contributed by atoms with Crippen LogP contribution in [-0.2, 0) is 16.1 Å². The number of ether oxygens (including phenoxy) is 2. The number of piperazine rings is 1. The molecule has 8 heteroatoms. The number of carbonyl (C=O) groups is 2. The van der Waals surface area contributed by atoms with Gasteiger partial charge in [-0.2, -0.15) is 0 Å². The van der Waals surface area contributed by atoms with Gasteiger partial charge in [-0.3, -0.25) is 4.79 Å². The average molecular weight is 463 g/mol. The van der Waals surface area contributed by atoms with Gasteiger partial charge in [-0.05, 0) is 62.7 Å². The maximum Gasteiger partial charge on any atom is 0.419 e. The lowest BCUT2D eigenvalue weighted by molar-refractivity contribution is -0.129. The summed E-state index contributed by atoms with van der Waals surface area (Å²) >= 11 is 0. The summed E-state index contributed by atoms with van der Waals surface area (Å²) in [6.07, 6.45) is 2.64. The van der Waals surface area contributed by atoms with Crippen molar-refractivity contribution in [1.29, 1.82) is 0 Å². The topological polar surface area (TPSA) is 76.9 Å². The van der Waals surface area contributed by atoms with E-state index in [9.17, 15) is 9.59 Å². The Labute approximate surface area is 199 Å². The lowest BCUT2D eigenvalue weighted by atomic mass is 10.1. The normalized spacial score (nSPS) is 14.3. The zero-order valence-electron chi connectivity index (χ0n) is 20.0. The Morgan fingerprint density at radius 3 is 2.56 bits per heavy atom. The summed E-state index contributed by atoms with van der Waals surface area (Å²) in [7, 11) is 1.84. The molecule has 1 aromatic heterocycles. The number of benzene rings is 2. The molecule has 34 heavy (non-hydrogen) atoms. The molecule has 0 N–H and O–H groups in total. The minimum Gasteiger partial charge on any atom is -0.489 e. The van der Waals surface area contributed by atoms with Crippen LogP contribution in [0.3, 0.4) is 0 Å². The molecule has 0 atom stereocenters. The van der Waals surface area contributed by atoms with E-state index in [2.05, 4.69) is 16.0 Å². The van der Waals surface area contributed by atoms with Gasteiger partial charge < -0.3 is 19.3 Å². The Morgan fingerprint density at radius 1 is 1.09 bits per heavy atom. The first kappa shape index (κ1) is 23.4. The van der Waals surface area contributed by atoms with Crippen LogP contribution in [0.25, 0.3) is 11.3 Å². The Bertz CT molecular complexity index is 1160. The number of amides is 1. The van der Waals surface area contributed by atoms with Crippen molar-refractivity contribution in [3.63, 3.8) is 0 Å². The summed E-state index contributed by atoms with van der Waals surface area (Å²) in [5.74, 6) is 0.861. The van der Waals surface area contributed by atoms with Gasteiger partial charge in [-0.25, -0.2) is 14.3 Å². The summed E-state index contributed by atoms with van der Waals surface area (Å²) in [6.45, 7) is 7.83. The molecule has 3 aromatic rings. The van der Waals surface area contributed by atoms with Crippen molar-refractivity contribution in [2.24, 2.45) is 0 Å². The lowest BCUT2D eigenvalue weighted by Crippen LogP contribution is -2.48. The largest absolute Gasteiger partial charge is 0.489 e. The van der Waals surface area contributed by atoms with E-state index in [-0.39, 0.29) is 5.91 Å². The molecule has 1 fully saturated rings. The van der Waals surface area contributed by atoms with Crippen LogP contribution >= 0.6 is 0 Å². The number of likely N-dealkylation sites (N-methyl/N-ethyl adjacent to an activating group) is 1. The molecule has 0 radical (unpaired) electrons. The fourth-order valence-corrected chi connectivity index (χ4v) is 3.60. The summed E-state index contributed by atoms with van der Waals surface area (Å²) in [5, 5.41) is 0. The van der Waals surface area contributed by atoms with Crippen LogP contribution in [0.1, 0.15) is 26.3 Å². The number of hydrogen-bond donors (Lipinski definition) is 0. The predicted molar refractivity (Wildman–Crippen MR) is 130 cm³/mol. The molecule has 1 amide bonds. The highest BCUT2D eigenvalue weighted by atomic mass is 16.6. The van der Waals surface area contributed by atoms with E-state index >= 15 is 0 Å². The standard InChI is InChI=1S/C26H30N4O4/c1-26(2,3)34-25(32)30-15-23(27-18-30)20-8-10-22(11-9-20)33-17-19-6-5-7-21(14-19)29-13-12-28(4)24(31)16-29/h5-11,14-15,18H,12-13,16-17H2,1-4H3. The van der Waals surface area contributed by atoms with Gasteiger partial charge in [0.1, 0.15) is 24.3 Å². The second kappa shape index (κ2) is 9.59. The van der Waals surface area contributed by atoms with Crippen LogP contribution in [-0.4, -0.2) is 58.7 Å². The Kier molecular flexibility index (Phi) is 6.58. The van der Waals surface area contributed by atoms with E-state index in [1.54, 1.807) is 11.1 Å². The van der Waals surface area contributed by atoms with E-state index in [0.29, 0.717) is 18.8 Å². The number of nitrogens with zero attached hydrogens (tertiary/aromatic N) is 4. The Morgan fingerprint density at radius 2 is 1.85 bits per heavy atom. The van der Waals surface area contributed by atoms with Gasteiger partial charge in [0, 0.05) is 37.6 Å². The summed E-state index contributed by atoms with van der Waals surface area (Å²) in [6, 6.07) is 15.7. The molecule has 0 aliphatic carbocycles. The Balaban J connectivity index is 1.36. The van der Waals surface area contributed by atoms with Crippen LogP contribution in [0.2, 0.25) is 0 Å². The molecule has 178 valence electrons. The van der Waals surface area contributed by atoms with Crippen molar-refractivity contribution in [2.45, 2.75) is 33.0 Å². The molecule has 2 aromatic carbocycles. The number of rotatable bonds is 5. The molecule has 1 saturated heterocycles. The Hall–Kier alpha value is -3.81. The first-order valence-corrected chi connectivity index (χ1v) is 11.3. The van der Waals surface area contributed by atoms with Crippen molar-refractivity contribution >= 4 is 17.7 Å². The molecule has 8 nitrogen and oxygen atoms in total. The number of aromatic nitrogens is 2. The minimum atomic E-state index is -0.568. The fourth-order valence-electron chi connectivity index (χ4n) is 3.60. The molecular weight excluding hydrogens is 432 g/mol. The van der Waals surface area contributed by atoms with Gasteiger partial charge in [0.05, 0.1) is 12.2 Å².